The molecule has 1 aliphatic heterocycles. The highest BCUT2D eigenvalue weighted by molar-refractivity contribution is 7.09. The summed E-state index contributed by atoms with van der Waals surface area (Å²) in [6, 6.07) is 3.36. The summed E-state index contributed by atoms with van der Waals surface area (Å²) in [6.07, 6.45) is 4.65. The molecule has 2 aromatic heterocycles. The number of carbonyl (C=O) groups is 1. The molecule has 0 aromatic carbocycles. The van der Waals surface area contributed by atoms with Crippen molar-refractivity contribution in [2.75, 3.05) is 0 Å². The van der Waals surface area contributed by atoms with Crippen molar-refractivity contribution in [1.82, 2.24) is 15.3 Å². The third-order valence-electron chi connectivity index (χ3n) is 4.94. The second-order valence-electron chi connectivity index (χ2n) is 9.04. The average Bonchev–Trinajstić information content (AvgIpc) is 3.28. The first-order valence-corrected chi connectivity index (χ1v) is 10.8. The second-order valence-corrected chi connectivity index (χ2v) is 9.96. The maximum atomic E-state index is 13.4. The Labute approximate surface area is 176 Å². The van der Waals surface area contributed by atoms with Crippen LogP contribution < -0.4 is 5.32 Å². The van der Waals surface area contributed by atoms with Crippen LogP contribution in [0, 0.1) is 12.5 Å². The Balaban J connectivity index is 2.04. The summed E-state index contributed by atoms with van der Waals surface area (Å²) in [5.74, 6) is -0.00791. The zero-order valence-electron chi connectivity index (χ0n) is 17.6. The Bertz CT molecular complexity index is 898. The van der Waals surface area contributed by atoms with Gasteiger partial charge < -0.3 is 4.74 Å². The van der Waals surface area contributed by atoms with Crippen molar-refractivity contribution >= 4 is 23.0 Å². The lowest BCUT2D eigenvalue weighted by Gasteiger charge is -2.33. The number of thiazole rings is 1. The Kier molecular flexibility index (Phi) is 6.06. The van der Waals surface area contributed by atoms with Gasteiger partial charge in [0.15, 0.2) is 5.69 Å². The number of rotatable bonds is 5. The van der Waals surface area contributed by atoms with Crippen LogP contribution in [-0.4, -0.2) is 27.1 Å². The first-order chi connectivity index (χ1) is 13.6. The quantitative estimate of drug-likeness (QED) is 0.551. The van der Waals surface area contributed by atoms with E-state index in [0.717, 1.165) is 10.7 Å². The molecular formula is C22H28N4O2S. The topological polar surface area (TPSA) is 68.5 Å². The lowest BCUT2D eigenvalue weighted by atomic mass is 9.83. The number of aromatic nitrogens is 2. The molecule has 0 amide bonds. The molecule has 3 heterocycles. The lowest BCUT2D eigenvalue weighted by molar-refractivity contribution is -0.163. The fraction of sp³-hybridized carbons (Fsp3) is 0.545. The third kappa shape index (κ3) is 4.82. The molecule has 1 N–H and O–H groups in total. The van der Waals surface area contributed by atoms with Crippen molar-refractivity contribution in [3.8, 4) is 0 Å². The summed E-state index contributed by atoms with van der Waals surface area (Å²) in [4.78, 5) is 26.0. The van der Waals surface area contributed by atoms with E-state index in [1.807, 2.05) is 32.2 Å². The summed E-state index contributed by atoms with van der Waals surface area (Å²) in [5, 5.41) is 6.46. The molecule has 0 unspecified atom stereocenters. The molecule has 7 heteroatoms. The molecule has 6 nitrogen and oxygen atoms in total. The molecule has 0 saturated carbocycles. The van der Waals surface area contributed by atoms with Crippen LogP contribution >= 0.6 is 11.3 Å². The second kappa shape index (κ2) is 8.21. The summed E-state index contributed by atoms with van der Waals surface area (Å²) in [7, 11) is 0. The zero-order valence-corrected chi connectivity index (χ0v) is 18.4. The maximum Gasteiger partial charge on any atom is 0.326 e. The smallest absolute Gasteiger partial charge is 0.326 e. The number of ether oxygens (including phenoxy) is 1. The number of hydrogen-bond donors (Lipinski definition) is 1. The summed E-state index contributed by atoms with van der Waals surface area (Å²) in [6.45, 7) is 17.2. The van der Waals surface area contributed by atoms with Gasteiger partial charge >= 0.3 is 5.97 Å². The van der Waals surface area contributed by atoms with Crippen molar-refractivity contribution in [2.45, 2.75) is 70.6 Å². The van der Waals surface area contributed by atoms with Gasteiger partial charge in [-0.05, 0) is 51.7 Å². The minimum absolute atomic E-state index is 0.0749. The molecule has 1 aliphatic rings. The fourth-order valence-corrected chi connectivity index (χ4v) is 4.75. The molecule has 0 radical (unpaired) electrons. The van der Waals surface area contributed by atoms with Crippen molar-refractivity contribution < 1.29 is 9.53 Å². The van der Waals surface area contributed by atoms with Crippen LogP contribution in [-0.2, 0) is 9.53 Å². The van der Waals surface area contributed by atoms with Crippen LogP contribution in [0.2, 0.25) is 0 Å². The van der Waals surface area contributed by atoms with E-state index in [4.69, 9.17) is 11.3 Å². The Morgan fingerprint density at radius 3 is 2.76 bits per heavy atom. The van der Waals surface area contributed by atoms with Crippen LogP contribution in [0.25, 0.3) is 4.85 Å². The average molecular weight is 413 g/mol. The Hall–Kier alpha value is -2.30. The molecule has 0 bridgehead atoms. The fourth-order valence-electron chi connectivity index (χ4n) is 4.00. The van der Waals surface area contributed by atoms with E-state index in [9.17, 15) is 4.79 Å². The van der Waals surface area contributed by atoms with Crippen molar-refractivity contribution in [3.63, 3.8) is 0 Å². The molecule has 154 valence electrons. The molecule has 2 aromatic rings. The zero-order chi connectivity index (χ0) is 21.2. The molecule has 3 atom stereocenters. The van der Waals surface area contributed by atoms with E-state index >= 15 is 0 Å². The van der Waals surface area contributed by atoms with Gasteiger partial charge in [0.05, 0.1) is 12.6 Å². The van der Waals surface area contributed by atoms with Crippen LogP contribution in [0.1, 0.15) is 70.1 Å². The minimum Gasteiger partial charge on any atom is -0.459 e. The number of nitrogens with zero attached hydrogens (tertiary/aromatic N) is 3. The first kappa shape index (κ1) is 21.4. The summed E-state index contributed by atoms with van der Waals surface area (Å²) in [5.41, 5.74) is -0.0372. The van der Waals surface area contributed by atoms with Gasteiger partial charge in [-0.3, -0.25) is 15.1 Å². The SMILES string of the molecule is [C-]#[N+]c1ccnc([C@H]2C[C@@](CC(C)C)(C(=O)OC(C)(C)C)N[C@H]2c2nccs2)c1. The van der Waals surface area contributed by atoms with Gasteiger partial charge in [-0.15, -0.1) is 11.3 Å². The van der Waals surface area contributed by atoms with Gasteiger partial charge in [0, 0.05) is 29.4 Å². The van der Waals surface area contributed by atoms with E-state index in [1.54, 1.807) is 29.8 Å². The monoisotopic (exact) mass is 412 g/mol. The molecule has 0 aliphatic carbocycles. The van der Waals surface area contributed by atoms with E-state index in [-0.39, 0.29) is 17.9 Å². The highest BCUT2D eigenvalue weighted by Gasteiger charge is 2.53. The standard InChI is InChI=1S/C22H28N4O2S/c1-14(2)12-22(20(27)28-21(3,4)5)13-16(17-11-15(23-6)7-8-24-17)18(26-22)19-25-9-10-29-19/h7-11,14,16,18,26H,12-13H2,1-5H3/t16-,18-,22+/m1/s1. The number of esters is 1. The van der Waals surface area contributed by atoms with Crippen LogP contribution in [0.5, 0.6) is 0 Å². The van der Waals surface area contributed by atoms with Crippen molar-refractivity contribution in [1.29, 1.82) is 0 Å². The normalized spacial score (nSPS) is 24.4. The molecule has 1 fully saturated rings. The molecule has 0 spiro atoms. The van der Waals surface area contributed by atoms with E-state index in [1.165, 1.54) is 0 Å². The van der Waals surface area contributed by atoms with E-state index in [2.05, 4.69) is 34.0 Å². The van der Waals surface area contributed by atoms with Crippen molar-refractivity contribution in [2.24, 2.45) is 5.92 Å². The van der Waals surface area contributed by atoms with E-state index < -0.39 is 11.1 Å². The number of nitrogens with one attached hydrogen (secondary N) is 1. The molecular weight excluding hydrogens is 384 g/mol. The highest BCUT2D eigenvalue weighted by atomic mass is 32.1. The first-order valence-electron chi connectivity index (χ1n) is 9.87. The predicted octanol–water partition coefficient (Wildman–Crippen LogP) is 5.03. The molecule has 1 saturated heterocycles. The summed E-state index contributed by atoms with van der Waals surface area (Å²) >= 11 is 1.56. The van der Waals surface area contributed by atoms with Gasteiger partial charge in [-0.2, -0.15) is 0 Å². The number of pyridine rings is 1. The van der Waals surface area contributed by atoms with E-state index in [0.29, 0.717) is 24.4 Å². The predicted molar refractivity (Wildman–Crippen MR) is 114 cm³/mol. The largest absolute Gasteiger partial charge is 0.459 e. The van der Waals surface area contributed by atoms with Crippen LogP contribution in [0.15, 0.2) is 29.9 Å². The number of carbonyl (C=O) groups excluding carboxylic acids is 1. The minimum atomic E-state index is -0.821. The summed E-state index contributed by atoms with van der Waals surface area (Å²) < 4.78 is 5.83. The maximum absolute atomic E-state index is 13.4. The molecule has 3 rings (SSSR count). The van der Waals surface area contributed by atoms with Crippen LogP contribution in [0.4, 0.5) is 5.69 Å². The van der Waals surface area contributed by atoms with Crippen LogP contribution in [0.3, 0.4) is 0 Å². The van der Waals surface area contributed by atoms with Gasteiger partial charge in [0.1, 0.15) is 16.1 Å². The Morgan fingerprint density at radius 1 is 1.41 bits per heavy atom. The third-order valence-corrected chi connectivity index (χ3v) is 5.80. The number of hydrogen-bond acceptors (Lipinski definition) is 6. The van der Waals surface area contributed by atoms with Gasteiger partial charge in [-0.25, -0.2) is 9.83 Å². The Morgan fingerprint density at radius 2 is 2.17 bits per heavy atom. The highest BCUT2D eigenvalue weighted by Crippen LogP contribution is 2.47. The van der Waals surface area contributed by atoms with Crippen molar-refractivity contribution in [3.05, 3.63) is 52.0 Å². The van der Waals surface area contributed by atoms with Gasteiger partial charge in [-0.1, -0.05) is 13.8 Å². The van der Waals surface area contributed by atoms with Gasteiger partial charge in [0.2, 0.25) is 0 Å². The van der Waals surface area contributed by atoms with Gasteiger partial charge in [0.25, 0.3) is 0 Å². The lowest BCUT2D eigenvalue weighted by Crippen LogP contribution is -2.52. The molecule has 29 heavy (non-hydrogen) atoms.